The zero-order valence-corrected chi connectivity index (χ0v) is 15.7. The Kier molecular flexibility index (Phi) is 4.01. The highest BCUT2D eigenvalue weighted by Gasteiger charge is 2.29. The lowest BCUT2D eigenvalue weighted by molar-refractivity contribution is 0.523. The second-order valence-corrected chi connectivity index (χ2v) is 7.86. The number of nitrogens with two attached hydrogens (primary N) is 1. The molecule has 0 radical (unpaired) electrons. The summed E-state index contributed by atoms with van der Waals surface area (Å²) in [7, 11) is 0. The zero-order valence-electron chi connectivity index (χ0n) is 13.3. The molecule has 1 fully saturated rings. The number of halogens is 2. The Morgan fingerprint density at radius 3 is 2.88 bits per heavy atom. The molecular formula is C18H18BrClN4. The first-order chi connectivity index (χ1) is 11.5. The first-order valence-electron chi connectivity index (χ1n) is 8.06. The number of nitrogen functional groups attached to an aromatic ring is 1. The Labute approximate surface area is 154 Å². The monoisotopic (exact) mass is 404 g/mol. The van der Waals surface area contributed by atoms with E-state index >= 15 is 0 Å². The van der Waals surface area contributed by atoms with Crippen molar-refractivity contribution in [2.45, 2.75) is 38.1 Å². The van der Waals surface area contributed by atoms with Crippen LogP contribution in [-0.4, -0.2) is 14.5 Å². The number of rotatable bonds is 2. The van der Waals surface area contributed by atoms with Crippen LogP contribution in [0.3, 0.4) is 0 Å². The second kappa shape index (κ2) is 6.05. The lowest BCUT2D eigenvalue weighted by Crippen LogP contribution is -2.05. The fourth-order valence-corrected chi connectivity index (χ4v) is 4.75. The van der Waals surface area contributed by atoms with Gasteiger partial charge in [0.2, 0.25) is 0 Å². The highest BCUT2D eigenvalue weighted by Crippen LogP contribution is 2.44. The van der Waals surface area contributed by atoms with Gasteiger partial charge in [0, 0.05) is 21.7 Å². The van der Waals surface area contributed by atoms with E-state index < -0.39 is 0 Å². The number of fused-ring (bicyclic) bond motifs is 1. The van der Waals surface area contributed by atoms with E-state index in [1.807, 2.05) is 6.07 Å². The summed E-state index contributed by atoms with van der Waals surface area (Å²) in [5, 5.41) is 1.72. The minimum atomic E-state index is 0.414. The third kappa shape index (κ3) is 2.70. The van der Waals surface area contributed by atoms with Gasteiger partial charge in [0.15, 0.2) is 0 Å². The summed E-state index contributed by atoms with van der Waals surface area (Å²) in [5.41, 5.74) is 9.47. The first-order valence-corrected chi connectivity index (χ1v) is 9.23. The molecule has 3 aromatic rings. The number of anilines is 1. The maximum Gasteiger partial charge on any atom is 0.146 e. The van der Waals surface area contributed by atoms with Crippen LogP contribution < -0.4 is 5.73 Å². The summed E-state index contributed by atoms with van der Waals surface area (Å²) in [6.45, 7) is 2.10. The molecule has 4 rings (SSSR count). The van der Waals surface area contributed by atoms with Crippen molar-refractivity contribution in [3.05, 3.63) is 51.3 Å². The van der Waals surface area contributed by atoms with E-state index in [2.05, 4.69) is 55.7 Å². The average Bonchev–Trinajstić information content (AvgIpc) is 3.12. The fraction of sp³-hybridized carbons (Fsp3) is 0.333. The van der Waals surface area contributed by atoms with Crippen molar-refractivity contribution in [1.82, 2.24) is 14.5 Å². The molecule has 2 unspecified atom stereocenters. The number of aromatic nitrogens is 3. The minimum Gasteiger partial charge on any atom is -0.383 e. The highest BCUT2D eigenvalue weighted by atomic mass is 79.9. The predicted molar refractivity (Wildman–Crippen MR) is 101 cm³/mol. The first kappa shape index (κ1) is 15.9. The van der Waals surface area contributed by atoms with Crippen LogP contribution in [0.5, 0.6) is 0 Å². The van der Waals surface area contributed by atoms with Crippen molar-refractivity contribution in [3.63, 3.8) is 0 Å². The highest BCUT2D eigenvalue weighted by molar-refractivity contribution is 9.10. The molecule has 2 atom stereocenters. The number of nitrogens with zero attached hydrogens (tertiary/aromatic N) is 3. The van der Waals surface area contributed by atoms with Gasteiger partial charge in [-0.3, -0.25) is 0 Å². The number of aryl methyl sites for hydroxylation is 1. The number of benzene rings is 1. The van der Waals surface area contributed by atoms with Crippen LogP contribution in [0.2, 0.25) is 5.02 Å². The quantitative estimate of drug-likeness (QED) is 0.633. The molecule has 0 saturated heterocycles. The van der Waals surface area contributed by atoms with Crippen molar-refractivity contribution >= 4 is 44.4 Å². The molecule has 1 saturated carbocycles. The number of hydrogen-bond donors (Lipinski definition) is 1. The van der Waals surface area contributed by atoms with Gasteiger partial charge in [-0.15, -0.1) is 0 Å². The molecule has 0 aliphatic heterocycles. The van der Waals surface area contributed by atoms with Crippen LogP contribution >= 0.6 is 27.5 Å². The maximum absolute atomic E-state index is 6.24. The topological polar surface area (TPSA) is 56.7 Å². The number of hydrogen-bond acceptors (Lipinski definition) is 3. The zero-order chi connectivity index (χ0) is 16.8. The average molecular weight is 406 g/mol. The van der Waals surface area contributed by atoms with Gasteiger partial charge in [-0.25, -0.2) is 9.97 Å². The molecule has 0 bridgehead atoms. The molecule has 6 heteroatoms. The third-order valence-corrected chi connectivity index (χ3v) is 5.75. The SMILES string of the molecule is Cc1cc(Cl)cc(C2CCC(n3cc(Br)c4c(N)ncnc43)C2)c1. The summed E-state index contributed by atoms with van der Waals surface area (Å²) >= 11 is 9.84. The minimum absolute atomic E-state index is 0.414. The summed E-state index contributed by atoms with van der Waals surface area (Å²) in [6, 6.07) is 6.78. The Balaban J connectivity index is 1.67. The summed E-state index contributed by atoms with van der Waals surface area (Å²) < 4.78 is 3.20. The van der Waals surface area contributed by atoms with Crippen molar-refractivity contribution in [3.8, 4) is 0 Å². The van der Waals surface area contributed by atoms with Crippen LogP contribution in [0, 0.1) is 6.92 Å². The molecule has 1 aromatic carbocycles. The smallest absolute Gasteiger partial charge is 0.146 e. The van der Waals surface area contributed by atoms with E-state index in [9.17, 15) is 0 Å². The molecule has 1 aliphatic rings. The third-order valence-electron chi connectivity index (χ3n) is 4.93. The van der Waals surface area contributed by atoms with Crippen molar-refractivity contribution in [1.29, 1.82) is 0 Å². The molecule has 4 nitrogen and oxygen atoms in total. The fourth-order valence-electron chi connectivity index (χ4n) is 3.85. The van der Waals surface area contributed by atoms with Gasteiger partial charge in [-0.1, -0.05) is 17.7 Å². The predicted octanol–water partition coefficient (Wildman–Crippen LogP) is 5.25. The molecule has 2 heterocycles. The Morgan fingerprint density at radius 2 is 2.08 bits per heavy atom. The molecule has 0 amide bonds. The lowest BCUT2D eigenvalue weighted by Gasteiger charge is -2.15. The lowest BCUT2D eigenvalue weighted by atomic mass is 9.96. The van der Waals surface area contributed by atoms with Gasteiger partial charge in [0.05, 0.1) is 5.39 Å². The molecule has 124 valence electrons. The van der Waals surface area contributed by atoms with Crippen molar-refractivity contribution in [2.75, 3.05) is 5.73 Å². The van der Waals surface area contributed by atoms with E-state index in [0.717, 1.165) is 39.8 Å². The summed E-state index contributed by atoms with van der Waals surface area (Å²) in [6.07, 6.45) is 6.98. The van der Waals surface area contributed by atoms with Crippen molar-refractivity contribution < 1.29 is 0 Å². The van der Waals surface area contributed by atoms with Crippen LogP contribution in [-0.2, 0) is 0 Å². The molecule has 0 spiro atoms. The standard InChI is InChI=1S/C18H18BrClN4/c1-10-4-12(6-13(20)5-10)11-2-3-14(7-11)24-8-15(19)16-17(21)22-9-23-18(16)24/h4-6,8-9,11,14H,2-3,7H2,1H3,(H2,21,22,23). The second-order valence-electron chi connectivity index (χ2n) is 6.57. The molecular weight excluding hydrogens is 388 g/mol. The largest absolute Gasteiger partial charge is 0.383 e. The Hall–Kier alpha value is -1.59. The van der Waals surface area contributed by atoms with E-state index in [1.54, 1.807) is 0 Å². The van der Waals surface area contributed by atoms with E-state index in [4.69, 9.17) is 17.3 Å². The summed E-state index contributed by atoms with van der Waals surface area (Å²) in [5.74, 6) is 1.05. The molecule has 2 aromatic heterocycles. The van der Waals surface area contributed by atoms with Crippen LogP contribution in [0.4, 0.5) is 5.82 Å². The van der Waals surface area contributed by atoms with Gasteiger partial charge >= 0.3 is 0 Å². The van der Waals surface area contributed by atoms with E-state index in [0.29, 0.717) is 17.8 Å². The van der Waals surface area contributed by atoms with Crippen LogP contribution in [0.1, 0.15) is 42.3 Å². The van der Waals surface area contributed by atoms with E-state index in [-0.39, 0.29) is 0 Å². The molecule has 2 N–H and O–H groups in total. The van der Waals surface area contributed by atoms with Gasteiger partial charge in [0.1, 0.15) is 17.8 Å². The van der Waals surface area contributed by atoms with Crippen molar-refractivity contribution in [2.24, 2.45) is 0 Å². The maximum atomic E-state index is 6.24. The molecule has 24 heavy (non-hydrogen) atoms. The van der Waals surface area contributed by atoms with Gasteiger partial charge in [-0.2, -0.15) is 0 Å². The van der Waals surface area contributed by atoms with Crippen LogP contribution in [0.25, 0.3) is 11.0 Å². The van der Waals surface area contributed by atoms with Crippen LogP contribution in [0.15, 0.2) is 35.2 Å². The summed E-state index contributed by atoms with van der Waals surface area (Å²) in [4.78, 5) is 8.55. The van der Waals surface area contributed by atoms with E-state index in [1.165, 1.54) is 17.5 Å². The van der Waals surface area contributed by atoms with Gasteiger partial charge in [-0.05, 0) is 71.3 Å². The Bertz CT molecular complexity index is 901. The molecule has 1 aliphatic carbocycles. The van der Waals surface area contributed by atoms with Gasteiger partial charge < -0.3 is 10.3 Å². The van der Waals surface area contributed by atoms with Gasteiger partial charge in [0.25, 0.3) is 0 Å². The normalized spacial score (nSPS) is 20.8. The Morgan fingerprint density at radius 1 is 1.25 bits per heavy atom.